The van der Waals surface area contributed by atoms with Crippen LogP contribution >= 0.6 is 0 Å². The highest BCUT2D eigenvalue weighted by Crippen LogP contribution is 2.23. The quantitative estimate of drug-likeness (QED) is 0.0977. The van der Waals surface area contributed by atoms with Crippen molar-refractivity contribution < 1.29 is 0 Å². The molecule has 0 aliphatic carbocycles. The third-order valence-electron chi connectivity index (χ3n) is 8.28. The predicted octanol–water partition coefficient (Wildman–Crippen LogP) is 11.6. The molecule has 36 heavy (non-hydrogen) atoms. The van der Waals surface area contributed by atoms with Crippen LogP contribution in [0.3, 0.4) is 0 Å². The highest BCUT2D eigenvalue weighted by atomic mass is 15.4. The Morgan fingerprint density at radius 1 is 0.361 bits per heavy atom. The van der Waals surface area contributed by atoms with E-state index in [0.29, 0.717) is 6.17 Å². The summed E-state index contributed by atoms with van der Waals surface area (Å²) in [6.07, 6.45) is 42.6. The van der Waals surface area contributed by atoms with Crippen molar-refractivity contribution in [2.24, 2.45) is 0 Å². The molecule has 0 saturated carbocycles. The fourth-order valence-corrected chi connectivity index (χ4v) is 5.90. The Morgan fingerprint density at radius 3 is 1.08 bits per heavy atom. The molecule has 1 aliphatic rings. The van der Waals surface area contributed by atoms with Crippen molar-refractivity contribution in [3.8, 4) is 0 Å². The van der Waals surface area contributed by atoms with Crippen LogP contribution in [0.5, 0.6) is 0 Å². The molecule has 214 valence electrons. The van der Waals surface area contributed by atoms with Gasteiger partial charge < -0.3 is 9.80 Å². The second kappa shape index (κ2) is 26.0. The van der Waals surface area contributed by atoms with Gasteiger partial charge in [-0.25, -0.2) is 0 Å². The second-order valence-corrected chi connectivity index (χ2v) is 11.8. The smallest absolute Gasteiger partial charge is 0.101 e. The Morgan fingerprint density at radius 2 is 0.694 bits per heavy atom. The van der Waals surface area contributed by atoms with Gasteiger partial charge in [-0.15, -0.1) is 0 Å². The Balaban J connectivity index is 1.96. The van der Waals surface area contributed by atoms with E-state index in [-0.39, 0.29) is 0 Å². The zero-order chi connectivity index (χ0) is 25.9. The zero-order valence-corrected chi connectivity index (χ0v) is 25.4. The van der Waals surface area contributed by atoms with Crippen LogP contribution in [0.25, 0.3) is 0 Å². The molecule has 0 amide bonds. The van der Waals surface area contributed by atoms with Gasteiger partial charge in [0.2, 0.25) is 0 Å². The number of unbranched alkanes of at least 4 members (excludes halogenated alkanes) is 22. The molecule has 2 heteroatoms. The normalized spacial score (nSPS) is 15.5. The third kappa shape index (κ3) is 18.6. The molecule has 0 aromatic heterocycles. The number of rotatable bonds is 28. The molecule has 0 fully saturated rings. The Kier molecular flexibility index (Phi) is 24.1. The average molecular weight is 505 g/mol. The van der Waals surface area contributed by atoms with E-state index in [2.05, 4.69) is 43.0 Å². The summed E-state index contributed by atoms with van der Waals surface area (Å²) in [6.45, 7) is 9.41. The monoisotopic (exact) mass is 505 g/mol. The van der Waals surface area contributed by atoms with Crippen molar-refractivity contribution in [1.82, 2.24) is 9.80 Å². The molecule has 0 aromatic carbocycles. The van der Waals surface area contributed by atoms with Gasteiger partial charge in [0.05, 0.1) is 0 Å². The maximum absolute atomic E-state index is 2.66. The van der Waals surface area contributed by atoms with Gasteiger partial charge in [-0.05, 0) is 25.7 Å². The molecule has 1 aliphatic heterocycles. The van der Waals surface area contributed by atoms with Gasteiger partial charge in [0.1, 0.15) is 6.17 Å². The standard InChI is InChI=1S/C34H68N2/c1-4-7-9-11-13-14-15-16-17-18-19-20-21-22-24-26-28-31-36-33-32-35(30-6-3)34(36)29-27-25-23-12-10-8-5-2/h32-34H,4-31H2,1-3H3. The predicted molar refractivity (Wildman–Crippen MR) is 163 cm³/mol. The van der Waals surface area contributed by atoms with Crippen molar-refractivity contribution in [1.29, 1.82) is 0 Å². The summed E-state index contributed by atoms with van der Waals surface area (Å²) in [5, 5.41) is 0. The molecule has 0 saturated heterocycles. The van der Waals surface area contributed by atoms with E-state index in [9.17, 15) is 0 Å². The molecular formula is C34H68N2. The average Bonchev–Trinajstić information content (AvgIpc) is 3.26. The molecule has 1 atom stereocenters. The fraction of sp³-hybridized carbons (Fsp3) is 0.941. The van der Waals surface area contributed by atoms with Gasteiger partial charge >= 0.3 is 0 Å². The van der Waals surface area contributed by atoms with Crippen molar-refractivity contribution in [2.45, 2.75) is 194 Å². The van der Waals surface area contributed by atoms with Crippen LogP contribution in [0, 0.1) is 0 Å². The lowest BCUT2D eigenvalue weighted by Gasteiger charge is -2.33. The lowest BCUT2D eigenvalue weighted by Crippen LogP contribution is -2.39. The van der Waals surface area contributed by atoms with E-state index in [1.54, 1.807) is 0 Å². The van der Waals surface area contributed by atoms with E-state index in [1.165, 1.54) is 180 Å². The van der Waals surface area contributed by atoms with E-state index in [0.717, 1.165) is 0 Å². The van der Waals surface area contributed by atoms with E-state index < -0.39 is 0 Å². The molecular weight excluding hydrogens is 436 g/mol. The Labute approximate surface area is 229 Å². The summed E-state index contributed by atoms with van der Waals surface area (Å²) in [4.78, 5) is 5.28. The number of hydrogen-bond donors (Lipinski definition) is 0. The van der Waals surface area contributed by atoms with Gasteiger partial charge in [-0.2, -0.15) is 0 Å². The van der Waals surface area contributed by atoms with E-state index in [4.69, 9.17) is 0 Å². The summed E-state index contributed by atoms with van der Waals surface area (Å²) in [5.74, 6) is 0. The molecule has 0 N–H and O–H groups in total. The van der Waals surface area contributed by atoms with Crippen molar-refractivity contribution >= 4 is 0 Å². The van der Waals surface area contributed by atoms with E-state index in [1.807, 2.05) is 0 Å². The van der Waals surface area contributed by atoms with Crippen LogP contribution in [0.15, 0.2) is 12.4 Å². The van der Waals surface area contributed by atoms with Crippen LogP contribution in [-0.4, -0.2) is 29.1 Å². The van der Waals surface area contributed by atoms with Crippen LogP contribution in [0.2, 0.25) is 0 Å². The fourth-order valence-electron chi connectivity index (χ4n) is 5.90. The highest BCUT2D eigenvalue weighted by Gasteiger charge is 2.24. The molecule has 2 nitrogen and oxygen atoms in total. The van der Waals surface area contributed by atoms with Crippen LogP contribution < -0.4 is 0 Å². The third-order valence-corrected chi connectivity index (χ3v) is 8.28. The maximum atomic E-state index is 2.66. The summed E-state index contributed by atoms with van der Waals surface area (Å²) in [7, 11) is 0. The minimum atomic E-state index is 0.640. The van der Waals surface area contributed by atoms with Gasteiger partial charge in [-0.3, -0.25) is 0 Å². The van der Waals surface area contributed by atoms with Crippen LogP contribution in [-0.2, 0) is 0 Å². The Hall–Kier alpha value is -0.660. The van der Waals surface area contributed by atoms with Gasteiger partial charge in [0.25, 0.3) is 0 Å². The molecule has 1 rings (SSSR count). The summed E-state index contributed by atoms with van der Waals surface area (Å²) >= 11 is 0. The first-order chi connectivity index (χ1) is 17.8. The van der Waals surface area contributed by atoms with Crippen LogP contribution in [0.4, 0.5) is 0 Å². The molecule has 0 radical (unpaired) electrons. The molecule has 0 bridgehead atoms. The number of hydrogen-bond acceptors (Lipinski definition) is 2. The SMILES string of the molecule is CCCCCCCCCCCCCCCCCCCN1C=CN(CCC)C1CCCCCCCCC. The molecule has 1 heterocycles. The maximum Gasteiger partial charge on any atom is 0.101 e. The zero-order valence-electron chi connectivity index (χ0n) is 25.4. The molecule has 0 spiro atoms. The van der Waals surface area contributed by atoms with Gasteiger partial charge in [-0.1, -0.05) is 162 Å². The molecule has 0 aromatic rings. The highest BCUT2D eigenvalue weighted by molar-refractivity contribution is 4.96. The van der Waals surface area contributed by atoms with Gasteiger partial charge in [0.15, 0.2) is 0 Å². The molecule has 1 unspecified atom stereocenters. The van der Waals surface area contributed by atoms with Crippen molar-refractivity contribution in [3.63, 3.8) is 0 Å². The van der Waals surface area contributed by atoms with Gasteiger partial charge in [0, 0.05) is 25.5 Å². The van der Waals surface area contributed by atoms with Crippen LogP contribution in [0.1, 0.15) is 188 Å². The number of nitrogens with zero attached hydrogens (tertiary/aromatic N) is 2. The first kappa shape index (κ1) is 33.4. The summed E-state index contributed by atoms with van der Waals surface area (Å²) in [6, 6.07) is 0. The largest absolute Gasteiger partial charge is 0.356 e. The lowest BCUT2D eigenvalue weighted by molar-refractivity contribution is 0.137. The minimum absolute atomic E-state index is 0.640. The Bertz CT molecular complexity index is 460. The van der Waals surface area contributed by atoms with E-state index >= 15 is 0 Å². The summed E-state index contributed by atoms with van der Waals surface area (Å²) < 4.78 is 0. The first-order valence-electron chi connectivity index (χ1n) is 17.0. The summed E-state index contributed by atoms with van der Waals surface area (Å²) in [5.41, 5.74) is 0. The minimum Gasteiger partial charge on any atom is -0.356 e. The second-order valence-electron chi connectivity index (χ2n) is 11.8. The van der Waals surface area contributed by atoms with Crippen molar-refractivity contribution in [3.05, 3.63) is 12.4 Å². The lowest BCUT2D eigenvalue weighted by atomic mass is 10.0. The topological polar surface area (TPSA) is 6.48 Å². The first-order valence-corrected chi connectivity index (χ1v) is 17.0. The van der Waals surface area contributed by atoms with Crippen molar-refractivity contribution in [2.75, 3.05) is 13.1 Å².